The molecule has 5 aromatic heterocycles. The monoisotopic (exact) mass is 536 g/mol. The molecule has 0 bridgehead atoms. The number of alkyl halides is 3. The van der Waals surface area contributed by atoms with Crippen LogP contribution in [0.15, 0.2) is 41.4 Å². The minimum Gasteiger partial charge on any atom is -0.383 e. The molecule has 198 valence electrons. The molecule has 1 fully saturated rings. The number of hydrogen-bond acceptors (Lipinski definition) is 8. The van der Waals surface area contributed by atoms with Gasteiger partial charge in [-0.05, 0) is 25.0 Å². The summed E-state index contributed by atoms with van der Waals surface area (Å²) >= 11 is 0. The Labute approximate surface area is 217 Å². The van der Waals surface area contributed by atoms with Crippen molar-refractivity contribution in [3.63, 3.8) is 0 Å². The summed E-state index contributed by atoms with van der Waals surface area (Å²) in [5, 5.41) is 13.8. The zero-order valence-electron chi connectivity index (χ0n) is 20.0. The molecule has 1 saturated carbocycles. The first-order valence-electron chi connectivity index (χ1n) is 11.7. The highest BCUT2D eigenvalue weighted by molar-refractivity contribution is 6.02. The van der Waals surface area contributed by atoms with Crippen LogP contribution in [0.2, 0.25) is 0 Å². The lowest BCUT2D eigenvalue weighted by atomic mass is 10.0. The van der Waals surface area contributed by atoms with Gasteiger partial charge in [0.1, 0.15) is 23.3 Å². The molecule has 0 radical (unpaired) electrons. The van der Waals surface area contributed by atoms with Gasteiger partial charge in [0.05, 0.1) is 23.3 Å². The number of amides is 2. The maximum Gasteiger partial charge on any atom is 0.401 e. The van der Waals surface area contributed by atoms with E-state index in [0.29, 0.717) is 46.7 Å². The van der Waals surface area contributed by atoms with Crippen LogP contribution in [-0.4, -0.2) is 46.5 Å². The number of terminal acetylenes is 1. The predicted octanol–water partition coefficient (Wildman–Crippen LogP) is 3.97. The van der Waals surface area contributed by atoms with Gasteiger partial charge in [-0.25, -0.2) is 24.4 Å². The molecule has 0 saturated heterocycles. The van der Waals surface area contributed by atoms with Gasteiger partial charge in [0.2, 0.25) is 0 Å². The average molecular weight is 536 g/mol. The summed E-state index contributed by atoms with van der Waals surface area (Å²) in [5.74, 6) is 2.34. The normalized spacial score (nSPS) is 14.4. The molecule has 0 spiro atoms. The first-order chi connectivity index (χ1) is 18.7. The smallest absolute Gasteiger partial charge is 0.383 e. The highest BCUT2D eigenvalue weighted by Crippen LogP contribution is 2.59. The summed E-state index contributed by atoms with van der Waals surface area (Å²) in [6.45, 7) is 0.421. The van der Waals surface area contributed by atoms with Crippen LogP contribution in [0.25, 0.3) is 28.1 Å². The number of nitrogens with two attached hydrogens (primary N) is 1. The Morgan fingerprint density at radius 1 is 1.21 bits per heavy atom. The van der Waals surface area contributed by atoms with Gasteiger partial charge in [-0.1, -0.05) is 5.16 Å². The zero-order valence-corrected chi connectivity index (χ0v) is 20.0. The third-order valence-electron chi connectivity index (χ3n) is 6.58. The fourth-order valence-corrected chi connectivity index (χ4v) is 4.46. The van der Waals surface area contributed by atoms with E-state index in [2.05, 4.69) is 41.8 Å². The number of nitrogens with zero attached hydrogens (tertiary/aromatic N) is 7. The summed E-state index contributed by atoms with van der Waals surface area (Å²) in [4.78, 5) is 25.4. The average Bonchev–Trinajstić information content (AvgIpc) is 3.22. The third-order valence-corrected chi connectivity index (χ3v) is 6.58. The number of rotatable bonds is 6. The van der Waals surface area contributed by atoms with E-state index in [-0.39, 0.29) is 30.2 Å². The van der Waals surface area contributed by atoms with Gasteiger partial charge in [-0.2, -0.15) is 18.3 Å². The highest BCUT2D eigenvalue weighted by Gasteiger charge is 2.66. The van der Waals surface area contributed by atoms with E-state index < -0.39 is 17.6 Å². The van der Waals surface area contributed by atoms with Crippen molar-refractivity contribution >= 4 is 40.0 Å². The minimum absolute atomic E-state index is 0.0866. The second-order valence-corrected chi connectivity index (χ2v) is 8.97. The lowest BCUT2D eigenvalue weighted by Crippen LogP contribution is -2.28. The second kappa shape index (κ2) is 8.72. The summed E-state index contributed by atoms with van der Waals surface area (Å²) in [6, 6.07) is 3.66. The number of imidazole rings is 1. The summed E-state index contributed by atoms with van der Waals surface area (Å²) in [7, 11) is 0. The van der Waals surface area contributed by atoms with E-state index in [1.165, 1.54) is 12.5 Å². The first-order valence-corrected chi connectivity index (χ1v) is 11.7. The Morgan fingerprint density at radius 3 is 2.77 bits per heavy atom. The van der Waals surface area contributed by atoms with Crippen LogP contribution in [0.5, 0.6) is 0 Å². The molecule has 1 aliphatic rings. The van der Waals surface area contributed by atoms with Crippen molar-refractivity contribution < 1.29 is 22.5 Å². The Balaban J connectivity index is 1.28. The Hall–Kier alpha value is -5.13. The Bertz CT molecular complexity index is 1770. The number of carbonyl (C=O) groups is 1. The van der Waals surface area contributed by atoms with Crippen LogP contribution < -0.4 is 16.4 Å². The summed E-state index contributed by atoms with van der Waals surface area (Å²) < 4.78 is 48.3. The number of urea groups is 1. The van der Waals surface area contributed by atoms with Crippen molar-refractivity contribution in [2.45, 2.75) is 37.4 Å². The standard InChI is InChI=1S/C24H19F3N10O2/c1-2-3-9-37-21-17(19(28)30-12-31-21)18(34-37)14-5-4-13(20-29-8-10-36(14)20)32-22(38)33-16-11-15(39-35-16)23(6-7-23)24(25,26)27/h1,4-5,8,10-12H,3,6-7,9H2,(H2,28,30,31)(H2,32,33,35,38). The topological polar surface area (TPSA) is 154 Å². The van der Waals surface area contributed by atoms with E-state index in [9.17, 15) is 18.0 Å². The van der Waals surface area contributed by atoms with Gasteiger partial charge >= 0.3 is 12.2 Å². The molecule has 1 aliphatic carbocycles. The molecule has 0 atom stereocenters. The molecule has 0 unspecified atom stereocenters. The predicted molar refractivity (Wildman–Crippen MR) is 133 cm³/mol. The fraction of sp³-hybridized carbons (Fsp3) is 0.250. The maximum absolute atomic E-state index is 13.4. The van der Waals surface area contributed by atoms with E-state index in [4.69, 9.17) is 16.7 Å². The van der Waals surface area contributed by atoms with Crippen LogP contribution in [0.1, 0.15) is 25.0 Å². The molecule has 0 aliphatic heterocycles. The molecule has 5 aromatic rings. The molecule has 12 nitrogen and oxygen atoms in total. The molecule has 15 heteroatoms. The number of hydrogen-bond donors (Lipinski definition) is 3. The van der Waals surface area contributed by atoms with E-state index in [1.54, 1.807) is 27.4 Å². The Morgan fingerprint density at radius 2 is 2.03 bits per heavy atom. The van der Waals surface area contributed by atoms with Crippen LogP contribution in [0.3, 0.4) is 0 Å². The SMILES string of the molecule is C#CCCn1nc(-c2ccc(NC(=O)Nc3cc(C4(C(F)(F)F)CC4)on3)c3nccn23)c2c(N)ncnc21. The minimum atomic E-state index is -4.46. The van der Waals surface area contributed by atoms with Crippen molar-refractivity contribution in [2.75, 3.05) is 16.4 Å². The van der Waals surface area contributed by atoms with Crippen LogP contribution in [0.4, 0.5) is 35.3 Å². The molecule has 5 heterocycles. The van der Waals surface area contributed by atoms with E-state index in [1.807, 2.05) is 0 Å². The lowest BCUT2D eigenvalue weighted by Gasteiger charge is -2.15. The van der Waals surface area contributed by atoms with Crippen LogP contribution in [0, 0.1) is 12.3 Å². The van der Waals surface area contributed by atoms with Crippen LogP contribution in [-0.2, 0) is 12.0 Å². The molecular formula is C24H19F3N10O2. The second-order valence-electron chi connectivity index (χ2n) is 8.97. The summed E-state index contributed by atoms with van der Waals surface area (Å²) in [6.07, 6.45) is 5.78. The largest absolute Gasteiger partial charge is 0.401 e. The number of aryl methyl sites for hydroxylation is 1. The number of anilines is 3. The van der Waals surface area contributed by atoms with Gasteiger partial charge < -0.3 is 15.6 Å². The van der Waals surface area contributed by atoms with Gasteiger partial charge in [-0.15, -0.1) is 12.3 Å². The zero-order chi connectivity index (χ0) is 27.4. The number of nitrogens with one attached hydrogen (secondary N) is 2. The van der Waals surface area contributed by atoms with Crippen molar-refractivity contribution in [1.82, 2.24) is 34.3 Å². The first kappa shape index (κ1) is 24.2. The quantitative estimate of drug-likeness (QED) is 0.276. The third kappa shape index (κ3) is 3.97. The number of pyridine rings is 1. The summed E-state index contributed by atoms with van der Waals surface area (Å²) in [5.41, 5.74) is 6.44. The van der Waals surface area contributed by atoms with Crippen molar-refractivity contribution in [2.24, 2.45) is 0 Å². The van der Waals surface area contributed by atoms with Crippen molar-refractivity contribution in [3.8, 4) is 23.7 Å². The van der Waals surface area contributed by atoms with Crippen molar-refractivity contribution in [1.29, 1.82) is 0 Å². The molecular weight excluding hydrogens is 517 g/mol. The number of aromatic nitrogens is 7. The van der Waals surface area contributed by atoms with Gasteiger partial charge in [0.15, 0.2) is 22.9 Å². The molecule has 6 rings (SSSR count). The van der Waals surface area contributed by atoms with E-state index in [0.717, 1.165) is 6.07 Å². The molecule has 0 aromatic carbocycles. The van der Waals surface area contributed by atoms with Crippen molar-refractivity contribution in [3.05, 3.63) is 42.7 Å². The van der Waals surface area contributed by atoms with Gasteiger partial charge in [0, 0.05) is 24.9 Å². The number of carbonyl (C=O) groups excluding carboxylic acids is 1. The fourth-order valence-electron chi connectivity index (χ4n) is 4.46. The lowest BCUT2D eigenvalue weighted by molar-refractivity contribution is -0.165. The Kier molecular flexibility index (Phi) is 5.42. The molecule has 2 amide bonds. The number of halogens is 3. The molecule has 4 N–H and O–H groups in total. The highest BCUT2D eigenvalue weighted by atomic mass is 19.4. The number of nitrogen functional groups attached to an aromatic ring is 1. The van der Waals surface area contributed by atoms with Crippen LogP contribution >= 0.6 is 0 Å². The molecule has 39 heavy (non-hydrogen) atoms. The maximum atomic E-state index is 13.4. The van der Waals surface area contributed by atoms with E-state index >= 15 is 0 Å². The van der Waals surface area contributed by atoms with Gasteiger partial charge in [0.25, 0.3) is 0 Å². The van der Waals surface area contributed by atoms with Gasteiger partial charge in [-0.3, -0.25) is 9.72 Å². The number of fused-ring (bicyclic) bond motifs is 2.